The van der Waals surface area contributed by atoms with Crippen molar-refractivity contribution in [2.45, 2.75) is 25.2 Å². The molecule has 1 aliphatic rings. The summed E-state index contributed by atoms with van der Waals surface area (Å²) in [5, 5.41) is 0. The van der Waals surface area contributed by atoms with Crippen molar-refractivity contribution < 1.29 is 9.53 Å². The Bertz CT molecular complexity index is 650. The lowest BCUT2D eigenvalue weighted by atomic mass is 9.95. The molecule has 2 aromatic rings. The number of esters is 1. The van der Waals surface area contributed by atoms with Crippen molar-refractivity contribution in [3.63, 3.8) is 0 Å². The van der Waals surface area contributed by atoms with Gasteiger partial charge in [-0.3, -0.25) is 4.79 Å². The fraction of sp³-hybridized carbons (Fsp3) is 0.211. The van der Waals surface area contributed by atoms with Gasteiger partial charge in [0.05, 0.1) is 0 Å². The molecule has 0 aromatic heterocycles. The van der Waals surface area contributed by atoms with Crippen LogP contribution >= 0.6 is 0 Å². The molecule has 0 spiro atoms. The average molecular weight is 278 g/mol. The molecule has 0 aliphatic heterocycles. The number of ether oxygens (including phenoxy) is 1. The Labute approximate surface area is 125 Å². The van der Waals surface area contributed by atoms with Crippen molar-refractivity contribution in [1.29, 1.82) is 0 Å². The van der Waals surface area contributed by atoms with Crippen LogP contribution in [0.4, 0.5) is 0 Å². The number of hydrogen-bond acceptors (Lipinski definition) is 2. The zero-order chi connectivity index (χ0) is 14.7. The summed E-state index contributed by atoms with van der Waals surface area (Å²) in [5.41, 5.74) is 2.72. The highest BCUT2D eigenvalue weighted by molar-refractivity contribution is 5.69. The molecular weight excluding hydrogens is 260 g/mol. The minimum absolute atomic E-state index is 0.218. The molecule has 106 valence electrons. The van der Waals surface area contributed by atoms with Crippen LogP contribution in [0.2, 0.25) is 0 Å². The Morgan fingerprint density at radius 2 is 1.71 bits per heavy atom. The van der Waals surface area contributed by atoms with Gasteiger partial charge in [0.15, 0.2) is 0 Å². The molecule has 0 radical (unpaired) electrons. The van der Waals surface area contributed by atoms with Gasteiger partial charge in [-0.25, -0.2) is 0 Å². The molecule has 21 heavy (non-hydrogen) atoms. The summed E-state index contributed by atoms with van der Waals surface area (Å²) < 4.78 is 5.03. The zero-order valence-electron chi connectivity index (χ0n) is 12.1. The number of benzene rings is 2. The minimum Gasteiger partial charge on any atom is -0.427 e. The summed E-state index contributed by atoms with van der Waals surface area (Å²) in [7, 11) is 0. The molecule has 2 nitrogen and oxygen atoms in total. The van der Waals surface area contributed by atoms with Crippen LogP contribution in [0.3, 0.4) is 0 Å². The summed E-state index contributed by atoms with van der Waals surface area (Å²) >= 11 is 0. The lowest BCUT2D eigenvalue weighted by molar-refractivity contribution is -0.131. The van der Waals surface area contributed by atoms with Crippen LogP contribution in [0.5, 0.6) is 5.75 Å². The number of carbonyl (C=O) groups excluding carboxylic acids is 1. The second kappa shape index (κ2) is 5.57. The lowest BCUT2D eigenvalue weighted by Crippen LogP contribution is -2.01. The molecule has 0 N–H and O–H groups in total. The van der Waals surface area contributed by atoms with E-state index in [1.165, 1.54) is 25.3 Å². The number of hydrogen-bond donors (Lipinski definition) is 0. The summed E-state index contributed by atoms with van der Waals surface area (Å²) in [6.45, 7) is 1.41. The van der Waals surface area contributed by atoms with E-state index in [4.69, 9.17) is 4.74 Å². The Hall–Kier alpha value is -2.35. The number of allylic oxidation sites excluding steroid dienone is 1. The van der Waals surface area contributed by atoms with E-state index in [1.807, 2.05) is 24.3 Å². The lowest BCUT2D eigenvalue weighted by Gasteiger charge is -2.10. The molecule has 2 heteroatoms. The fourth-order valence-electron chi connectivity index (χ4n) is 2.53. The Balaban J connectivity index is 1.73. The van der Waals surface area contributed by atoms with Crippen LogP contribution < -0.4 is 4.74 Å². The van der Waals surface area contributed by atoms with Crippen molar-refractivity contribution in [1.82, 2.24) is 0 Å². The van der Waals surface area contributed by atoms with Crippen molar-refractivity contribution in [2.75, 3.05) is 0 Å². The molecule has 1 aliphatic carbocycles. The van der Waals surface area contributed by atoms with Crippen LogP contribution in [0, 0.1) is 0 Å². The van der Waals surface area contributed by atoms with Gasteiger partial charge in [0.1, 0.15) is 5.75 Å². The maximum Gasteiger partial charge on any atom is 0.308 e. The van der Waals surface area contributed by atoms with E-state index in [1.54, 1.807) is 0 Å². The van der Waals surface area contributed by atoms with E-state index in [-0.39, 0.29) is 11.4 Å². The molecule has 0 unspecified atom stereocenters. The Kier molecular flexibility index (Phi) is 3.61. The minimum atomic E-state index is -0.292. The molecule has 0 atom stereocenters. The van der Waals surface area contributed by atoms with Gasteiger partial charge < -0.3 is 4.74 Å². The highest BCUT2D eigenvalue weighted by Crippen LogP contribution is 2.49. The molecule has 0 heterocycles. The Morgan fingerprint density at radius 1 is 1.05 bits per heavy atom. The molecule has 0 saturated heterocycles. The van der Waals surface area contributed by atoms with Crippen molar-refractivity contribution in [2.24, 2.45) is 0 Å². The summed E-state index contributed by atoms with van der Waals surface area (Å²) in [4.78, 5) is 10.9. The highest BCUT2D eigenvalue weighted by atomic mass is 16.5. The van der Waals surface area contributed by atoms with Gasteiger partial charge >= 0.3 is 5.97 Å². The molecule has 1 saturated carbocycles. The monoisotopic (exact) mass is 278 g/mol. The van der Waals surface area contributed by atoms with Gasteiger partial charge in [0, 0.05) is 12.3 Å². The highest BCUT2D eigenvalue weighted by Gasteiger charge is 2.41. The first-order valence-electron chi connectivity index (χ1n) is 7.21. The largest absolute Gasteiger partial charge is 0.427 e. The summed E-state index contributed by atoms with van der Waals surface area (Å²) in [5.74, 6) is 0.295. The van der Waals surface area contributed by atoms with Crippen molar-refractivity contribution >= 4 is 12.0 Å². The van der Waals surface area contributed by atoms with Gasteiger partial charge in [-0.15, -0.1) is 0 Å². The zero-order valence-corrected chi connectivity index (χ0v) is 12.1. The van der Waals surface area contributed by atoms with Gasteiger partial charge in [0.2, 0.25) is 0 Å². The number of rotatable bonds is 4. The normalized spacial score (nSPS) is 15.9. The quantitative estimate of drug-likeness (QED) is 0.613. The molecule has 1 fully saturated rings. The van der Waals surface area contributed by atoms with Gasteiger partial charge in [-0.2, -0.15) is 0 Å². The smallest absolute Gasteiger partial charge is 0.308 e. The van der Waals surface area contributed by atoms with Gasteiger partial charge in [0.25, 0.3) is 0 Å². The van der Waals surface area contributed by atoms with Gasteiger partial charge in [-0.1, -0.05) is 54.6 Å². The van der Waals surface area contributed by atoms with Gasteiger partial charge in [-0.05, 0) is 36.1 Å². The first kappa shape index (κ1) is 13.6. The molecule has 0 bridgehead atoms. The molecule has 2 aromatic carbocycles. The standard InChI is InChI=1S/C19H18O2/c1-15(20)21-18-9-7-16(8-10-18)11-12-19(13-14-19)17-5-3-2-4-6-17/h2-12H,13-14H2,1H3/b12-11+. The first-order chi connectivity index (χ1) is 10.2. The van der Waals surface area contributed by atoms with E-state index >= 15 is 0 Å². The third-order valence-corrected chi connectivity index (χ3v) is 3.87. The fourth-order valence-corrected chi connectivity index (χ4v) is 2.53. The first-order valence-corrected chi connectivity index (χ1v) is 7.21. The van der Waals surface area contributed by atoms with Crippen LogP contribution in [-0.2, 0) is 10.2 Å². The predicted octanol–water partition coefficient (Wildman–Crippen LogP) is 4.36. The van der Waals surface area contributed by atoms with E-state index in [0.29, 0.717) is 5.75 Å². The maximum atomic E-state index is 10.9. The molecular formula is C19H18O2. The van der Waals surface area contributed by atoms with Crippen LogP contribution in [0.25, 0.3) is 6.08 Å². The average Bonchev–Trinajstić information content (AvgIpc) is 3.28. The van der Waals surface area contributed by atoms with Crippen LogP contribution in [0.1, 0.15) is 30.9 Å². The van der Waals surface area contributed by atoms with E-state index in [0.717, 1.165) is 5.56 Å². The summed E-state index contributed by atoms with van der Waals surface area (Å²) in [6, 6.07) is 18.2. The molecule has 0 amide bonds. The number of carbonyl (C=O) groups is 1. The summed E-state index contributed by atoms with van der Waals surface area (Å²) in [6.07, 6.45) is 6.86. The predicted molar refractivity (Wildman–Crippen MR) is 84.1 cm³/mol. The topological polar surface area (TPSA) is 26.3 Å². The van der Waals surface area contributed by atoms with Crippen molar-refractivity contribution in [3.05, 3.63) is 71.8 Å². The third-order valence-electron chi connectivity index (χ3n) is 3.87. The van der Waals surface area contributed by atoms with Crippen molar-refractivity contribution in [3.8, 4) is 5.75 Å². The van der Waals surface area contributed by atoms with E-state index < -0.39 is 0 Å². The SMILES string of the molecule is CC(=O)Oc1ccc(/C=C/C2(c3ccccc3)CC2)cc1. The second-order valence-electron chi connectivity index (χ2n) is 5.52. The van der Waals surface area contributed by atoms with Crippen LogP contribution in [0.15, 0.2) is 60.7 Å². The second-order valence-corrected chi connectivity index (χ2v) is 5.52. The van der Waals surface area contributed by atoms with Crippen LogP contribution in [-0.4, -0.2) is 5.97 Å². The maximum absolute atomic E-state index is 10.9. The van der Waals surface area contributed by atoms with E-state index in [2.05, 4.69) is 42.5 Å². The van der Waals surface area contributed by atoms with E-state index in [9.17, 15) is 4.79 Å². The Morgan fingerprint density at radius 3 is 2.29 bits per heavy atom. The molecule has 3 rings (SSSR count). The third kappa shape index (κ3) is 3.22.